The van der Waals surface area contributed by atoms with Crippen LogP contribution in [0.25, 0.3) is 10.6 Å². The molecule has 0 bridgehead atoms. The SMILES string of the molecule is O=[N+]([O-])c1ccccc1-c1nccs1. The Kier molecular flexibility index (Phi) is 2.24. The summed E-state index contributed by atoms with van der Waals surface area (Å²) in [4.78, 5) is 14.4. The Bertz CT molecular complexity index is 454. The first kappa shape index (κ1) is 8.83. The van der Waals surface area contributed by atoms with E-state index in [1.165, 1.54) is 17.4 Å². The number of hydrogen-bond donors (Lipinski definition) is 0. The molecule has 0 N–H and O–H groups in total. The van der Waals surface area contributed by atoms with Crippen LogP contribution >= 0.6 is 11.3 Å². The van der Waals surface area contributed by atoms with Gasteiger partial charge in [-0.15, -0.1) is 11.3 Å². The number of benzene rings is 1. The number of rotatable bonds is 2. The molecule has 0 atom stereocenters. The molecule has 0 fully saturated rings. The van der Waals surface area contributed by atoms with Crippen LogP contribution in [0.15, 0.2) is 35.8 Å². The molecule has 0 amide bonds. The molecule has 14 heavy (non-hydrogen) atoms. The maximum atomic E-state index is 10.7. The van der Waals surface area contributed by atoms with Gasteiger partial charge < -0.3 is 0 Å². The van der Waals surface area contributed by atoms with Gasteiger partial charge in [0.25, 0.3) is 5.69 Å². The molecule has 2 aromatic rings. The highest BCUT2D eigenvalue weighted by molar-refractivity contribution is 7.13. The van der Waals surface area contributed by atoms with E-state index in [-0.39, 0.29) is 5.69 Å². The van der Waals surface area contributed by atoms with Gasteiger partial charge in [-0.1, -0.05) is 12.1 Å². The second-order valence-corrected chi connectivity index (χ2v) is 3.51. The maximum absolute atomic E-state index is 10.7. The summed E-state index contributed by atoms with van der Waals surface area (Å²) in [5.41, 5.74) is 0.676. The average molecular weight is 206 g/mol. The van der Waals surface area contributed by atoms with E-state index in [4.69, 9.17) is 0 Å². The summed E-state index contributed by atoms with van der Waals surface area (Å²) in [5, 5.41) is 13.2. The third-order valence-corrected chi connectivity index (χ3v) is 2.57. The Morgan fingerprint density at radius 3 is 2.79 bits per heavy atom. The molecule has 0 radical (unpaired) electrons. The zero-order valence-electron chi connectivity index (χ0n) is 7.08. The molecule has 0 saturated heterocycles. The molecule has 70 valence electrons. The Morgan fingerprint density at radius 1 is 1.36 bits per heavy atom. The average Bonchev–Trinajstić information content (AvgIpc) is 2.70. The number of thiazole rings is 1. The summed E-state index contributed by atoms with van der Waals surface area (Å²) in [6.07, 6.45) is 1.64. The molecule has 4 nitrogen and oxygen atoms in total. The van der Waals surface area contributed by atoms with Gasteiger partial charge in [0.05, 0.1) is 10.5 Å². The smallest absolute Gasteiger partial charge is 0.258 e. The number of aromatic nitrogens is 1. The first-order valence-corrected chi connectivity index (χ1v) is 4.80. The molecule has 1 aromatic heterocycles. The van der Waals surface area contributed by atoms with E-state index in [0.29, 0.717) is 10.6 Å². The van der Waals surface area contributed by atoms with E-state index in [1.54, 1.807) is 29.8 Å². The van der Waals surface area contributed by atoms with Gasteiger partial charge in [-0.05, 0) is 6.07 Å². The molecule has 0 unspecified atom stereocenters. The Balaban J connectivity index is 2.58. The normalized spacial score (nSPS) is 10.0. The second-order valence-electron chi connectivity index (χ2n) is 2.61. The van der Waals surface area contributed by atoms with Gasteiger partial charge in [0, 0.05) is 17.6 Å². The number of hydrogen-bond acceptors (Lipinski definition) is 4. The fourth-order valence-electron chi connectivity index (χ4n) is 1.17. The molecular formula is C9H6N2O2S. The van der Waals surface area contributed by atoms with Crippen molar-refractivity contribution >= 4 is 17.0 Å². The third kappa shape index (κ3) is 1.49. The minimum absolute atomic E-state index is 0.0995. The molecule has 0 aliphatic heterocycles. The summed E-state index contributed by atoms with van der Waals surface area (Å²) in [6, 6.07) is 6.60. The topological polar surface area (TPSA) is 56.0 Å². The van der Waals surface area contributed by atoms with Crippen LogP contribution in [0, 0.1) is 10.1 Å². The van der Waals surface area contributed by atoms with Gasteiger partial charge in [-0.25, -0.2) is 4.98 Å². The molecule has 1 heterocycles. The fraction of sp³-hybridized carbons (Fsp3) is 0. The van der Waals surface area contributed by atoms with E-state index in [0.717, 1.165) is 0 Å². The Labute approximate surface area is 84.0 Å². The van der Waals surface area contributed by atoms with Crippen molar-refractivity contribution in [3.63, 3.8) is 0 Å². The van der Waals surface area contributed by atoms with Crippen molar-refractivity contribution in [2.45, 2.75) is 0 Å². The van der Waals surface area contributed by atoms with Gasteiger partial charge in [0.2, 0.25) is 0 Å². The lowest BCUT2D eigenvalue weighted by Crippen LogP contribution is -1.90. The molecule has 0 aliphatic carbocycles. The zero-order chi connectivity index (χ0) is 9.97. The molecule has 0 aliphatic rings. The van der Waals surface area contributed by atoms with Gasteiger partial charge in [0.15, 0.2) is 0 Å². The van der Waals surface area contributed by atoms with Crippen LogP contribution in [-0.4, -0.2) is 9.91 Å². The fourth-order valence-corrected chi connectivity index (χ4v) is 1.84. The van der Waals surface area contributed by atoms with Crippen molar-refractivity contribution in [1.82, 2.24) is 4.98 Å². The van der Waals surface area contributed by atoms with Gasteiger partial charge in [-0.2, -0.15) is 0 Å². The van der Waals surface area contributed by atoms with Gasteiger partial charge in [-0.3, -0.25) is 10.1 Å². The Morgan fingerprint density at radius 2 is 2.14 bits per heavy atom. The van der Waals surface area contributed by atoms with Gasteiger partial charge >= 0.3 is 0 Å². The van der Waals surface area contributed by atoms with E-state index >= 15 is 0 Å². The number of para-hydroxylation sites is 1. The van der Waals surface area contributed by atoms with Gasteiger partial charge in [0.1, 0.15) is 5.01 Å². The van der Waals surface area contributed by atoms with Crippen molar-refractivity contribution < 1.29 is 4.92 Å². The second kappa shape index (κ2) is 3.55. The predicted molar refractivity (Wildman–Crippen MR) is 54.2 cm³/mol. The molecular weight excluding hydrogens is 200 g/mol. The van der Waals surface area contributed by atoms with Crippen LogP contribution in [0.5, 0.6) is 0 Å². The van der Waals surface area contributed by atoms with Crippen LogP contribution < -0.4 is 0 Å². The highest BCUT2D eigenvalue weighted by atomic mass is 32.1. The summed E-state index contributed by atoms with van der Waals surface area (Å²) in [7, 11) is 0. The number of nitro groups is 1. The van der Waals surface area contributed by atoms with Crippen molar-refractivity contribution in [2.24, 2.45) is 0 Å². The van der Waals surface area contributed by atoms with E-state index in [2.05, 4.69) is 4.98 Å². The summed E-state index contributed by atoms with van der Waals surface area (Å²) in [5.74, 6) is 0. The lowest BCUT2D eigenvalue weighted by Gasteiger charge is -1.97. The lowest BCUT2D eigenvalue weighted by atomic mass is 10.2. The number of nitro benzene ring substituents is 1. The largest absolute Gasteiger partial charge is 0.279 e. The Hall–Kier alpha value is -1.75. The highest BCUT2D eigenvalue weighted by Crippen LogP contribution is 2.30. The van der Waals surface area contributed by atoms with Crippen LogP contribution in [0.2, 0.25) is 0 Å². The zero-order valence-corrected chi connectivity index (χ0v) is 7.90. The summed E-state index contributed by atoms with van der Waals surface area (Å²) in [6.45, 7) is 0. The van der Waals surface area contributed by atoms with E-state index in [9.17, 15) is 10.1 Å². The first-order chi connectivity index (χ1) is 6.79. The first-order valence-electron chi connectivity index (χ1n) is 3.92. The number of nitrogens with zero attached hydrogens (tertiary/aromatic N) is 2. The minimum Gasteiger partial charge on any atom is -0.258 e. The quantitative estimate of drug-likeness (QED) is 0.560. The summed E-state index contributed by atoms with van der Waals surface area (Å²) < 4.78 is 0. The predicted octanol–water partition coefficient (Wildman–Crippen LogP) is 2.72. The third-order valence-electron chi connectivity index (χ3n) is 1.76. The van der Waals surface area contributed by atoms with Crippen molar-refractivity contribution in [1.29, 1.82) is 0 Å². The monoisotopic (exact) mass is 206 g/mol. The van der Waals surface area contributed by atoms with Crippen LogP contribution in [0.1, 0.15) is 0 Å². The summed E-state index contributed by atoms with van der Waals surface area (Å²) >= 11 is 1.39. The standard InChI is InChI=1S/C9H6N2O2S/c12-11(13)8-4-2-1-3-7(8)9-10-5-6-14-9/h1-6H. The minimum atomic E-state index is -0.392. The highest BCUT2D eigenvalue weighted by Gasteiger charge is 2.15. The van der Waals surface area contributed by atoms with Crippen LogP contribution in [0.3, 0.4) is 0 Å². The van der Waals surface area contributed by atoms with Crippen molar-refractivity contribution in [3.8, 4) is 10.6 Å². The van der Waals surface area contributed by atoms with Crippen molar-refractivity contribution in [3.05, 3.63) is 46.0 Å². The molecule has 1 aromatic carbocycles. The van der Waals surface area contributed by atoms with E-state index in [1.807, 2.05) is 0 Å². The molecule has 0 saturated carbocycles. The van der Waals surface area contributed by atoms with Crippen molar-refractivity contribution in [2.75, 3.05) is 0 Å². The van der Waals surface area contributed by atoms with E-state index < -0.39 is 4.92 Å². The lowest BCUT2D eigenvalue weighted by molar-refractivity contribution is -0.384. The van der Waals surface area contributed by atoms with Crippen LogP contribution in [0.4, 0.5) is 5.69 Å². The molecule has 2 rings (SSSR count). The van der Waals surface area contributed by atoms with Crippen LogP contribution in [-0.2, 0) is 0 Å². The maximum Gasteiger partial charge on any atom is 0.279 e. The molecule has 5 heteroatoms. The molecule has 0 spiro atoms.